The quantitative estimate of drug-likeness (QED) is 0.534. The zero-order valence-corrected chi connectivity index (χ0v) is 19.5. The maximum absolute atomic E-state index is 14.6. The average molecular weight is 478 g/mol. The van der Waals surface area contributed by atoms with Gasteiger partial charge in [0.05, 0.1) is 17.3 Å². The number of halogens is 4. The summed E-state index contributed by atoms with van der Waals surface area (Å²) in [5.74, 6) is -2.57. The fourth-order valence-corrected chi connectivity index (χ4v) is 5.01. The van der Waals surface area contributed by atoms with E-state index in [1.165, 1.54) is 24.6 Å². The fourth-order valence-electron chi connectivity index (χ4n) is 4.81. The second kappa shape index (κ2) is 9.47. The van der Waals surface area contributed by atoms with E-state index in [1.54, 1.807) is 0 Å². The van der Waals surface area contributed by atoms with Crippen molar-refractivity contribution in [1.82, 2.24) is 4.90 Å². The molecule has 2 aliphatic rings. The van der Waals surface area contributed by atoms with Crippen LogP contribution in [0.5, 0.6) is 0 Å². The average Bonchev–Trinajstić information content (AvgIpc) is 3.22. The molecule has 0 amide bonds. The number of hydrogen-bond donors (Lipinski definition) is 1. The molecule has 1 heterocycles. The van der Waals surface area contributed by atoms with Crippen molar-refractivity contribution in [1.29, 1.82) is 0 Å². The van der Waals surface area contributed by atoms with Crippen molar-refractivity contribution >= 4 is 28.9 Å². The van der Waals surface area contributed by atoms with Gasteiger partial charge < -0.3 is 10.2 Å². The van der Waals surface area contributed by atoms with E-state index in [-0.39, 0.29) is 34.7 Å². The third kappa shape index (κ3) is 4.80. The number of carbonyl (C=O) groups is 1. The SMILES string of the molecule is CN(C)C1(CN=C2Cc3c(C(=O)Cc4ccc(F)c(Cl)c4)cc(F)c(F)c3N2)CCCCC1. The van der Waals surface area contributed by atoms with Gasteiger partial charge in [0.25, 0.3) is 0 Å². The molecule has 0 radical (unpaired) electrons. The molecular formula is C25H27ClF3N3O. The van der Waals surface area contributed by atoms with Crippen LogP contribution >= 0.6 is 11.6 Å². The number of likely N-dealkylation sites (N-methyl/N-ethyl adjacent to an activating group) is 1. The number of ketones is 1. The van der Waals surface area contributed by atoms with Gasteiger partial charge in [-0.3, -0.25) is 9.79 Å². The summed E-state index contributed by atoms with van der Waals surface area (Å²) in [7, 11) is 4.10. The Morgan fingerprint density at radius 3 is 2.52 bits per heavy atom. The standard InChI is InChI=1S/C25H27ClF3N3O/c1-32(2)25(8-4-3-5-9-25)14-30-22-13-17-16(12-20(28)23(29)24(17)31-22)21(33)11-15-6-7-19(27)18(26)10-15/h6-7,10,12H,3-5,8-9,11,13-14H2,1-2H3,(H,30,31). The van der Waals surface area contributed by atoms with Crippen molar-refractivity contribution in [2.75, 3.05) is 26.0 Å². The van der Waals surface area contributed by atoms with Gasteiger partial charge in [0.2, 0.25) is 0 Å². The Morgan fingerprint density at radius 2 is 1.85 bits per heavy atom. The first-order chi connectivity index (χ1) is 15.7. The Labute approximate surface area is 196 Å². The summed E-state index contributed by atoms with van der Waals surface area (Å²) in [5.41, 5.74) is 0.911. The second-order valence-electron chi connectivity index (χ2n) is 9.17. The van der Waals surface area contributed by atoms with Crippen molar-refractivity contribution in [3.63, 3.8) is 0 Å². The van der Waals surface area contributed by atoms with Crippen LogP contribution in [0.15, 0.2) is 29.3 Å². The molecule has 4 nitrogen and oxygen atoms in total. The van der Waals surface area contributed by atoms with Crippen molar-refractivity contribution in [2.45, 2.75) is 50.5 Å². The van der Waals surface area contributed by atoms with Crippen LogP contribution < -0.4 is 5.32 Å². The topological polar surface area (TPSA) is 44.7 Å². The molecule has 0 unspecified atom stereocenters. The smallest absolute Gasteiger partial charge is 0.182 e. The van der Waals surface area contributed by atoms with E-state index in [9.17, 15) is 18.0 Å². The molecule has 8 heteroatoms. The number of Topliss-reactive ketones (excluding diaryl/α,β-unsaturated/α-hetero) is 1. The number of benzene rings is 2. The first-order valence-corrected chi connectivity index (χ1v) is 11.5. The third-order valence-corrected chi connectivity index (χ3v) is 7.18. The summed E-state index contributed by atoms with van der Waals surface area (Å²) in [4.78, 5) is 19.9. The number of amidine groups is 1. The predicted octanol–water partition coefficient (Wildman–Crippen LogP) is 5.81. The molecule has 0 aromatic heterocycles. The van der Waals surface area contributed by atoms with Gasteiger partial charge in [0.15, 0.2) is 17.4 Å². The van der Waals surface area contributed by atoms with Crippen molar-refractivity contribution in [3.8, 4) is 0 Å². The maximum Gasteiger partial charge on any atom is 0.182 e. The minimum absolute atomic E-state index is 0.0308. The number of nitrogens with zero attached hydrogens (tertiary/aromatic N) is 2. The summed E-state index contributed by atoms with van der Waals surface area (Å²) in [6.07, 6.45) is 5.69. The van der Waals surface area contributed by atoms with Gasteiger partial charge in [0.1, 0.15) is 11.7 Å². The zero-order chi connectivity index (χ0) is 23.8. The summed E-state index contributed by atoms with van der Waals surface area (Å²) >= 11 is 5.81. The zero-order valence-electron chi connectivity index (χ0n) is 18.8. The van der Waals surface area contributed by atoms with Gasteiger partial charge >= 0.3 is 0 Å². The van der Waals surface area contributed by atoms with Crippen LogP contribution in [-0.4, -0.2) is 42.7 Å². The lowest BCUT2D eigenvalue weighted by Gasteiger charge is -2.42. The summed E-state index contributed by atoms with van der Waals surface area (Å²) in [5, 5.41) is 2.82. The first-order valence-electron chi connectivity index (χ1n) is 11.2. The number of aliphatic imine (C=N–C) groups is 1. The lowest BCUT2D eigenvalue weighted by molar-refractivity contribution is 0.0991. The molecule has 1 aliphatic heterocycles. The highest BCUT2D eigenvalue weighted by Gasteiger charge is 2.35. The highest BCUT2D eigenvalue weighted by molar-refractivity contribution is 6.30. The van der Waals surface area contributed by atoms with Crippen molar-refractivity contribution in [3.05, 3.63) is 63.4 Å². The molecule has 1 fully saturated rings. The molecule has 0 atom stereocenters. The van der Waals surface area contributed by atoms with E-state index < -0.39 is 23.2 Å². The molecule has 33 heavy (non-hydrogen) atoms. The summed E-state index contributed by atoms with van der Waals surface area (Å²) in [6.45, 7) is 0.553. The second-order valence-corrected chi connectivity index (χ2v) is 9.57. The fraction of sp³-hybridized carbons (Fsp3) is 0.440. The first kappa shape index (κ1) is 23.8. The Hall–Kier alpha value is -2.38. The van der Waals surface area contributed by atoms with Crippen LogP contribution in [0.4, 0.5) is 18.9 Å². The molecule has 2 aromatic rings. The predicted molar refractivity (Wildman–Crippen MR) is 125 cm³/mol. The van der Waals surface area contributed by atoms with Gasteiger partial charge in [0, 0.05) is 23.9 Å². The third-order valence-electron chi connectivity index (χ3n) is 6.89. The van der Waals surface area contributed by atoms with Crippen LogP contribution in [0.2, 0.25) is 5.02 Å². The monoisotopic (exact) mass is 477 g/mol. The van der Waals surface area contributed by atoms with Crippen molar-refractivity contribution in [2.24, 2.45) is 4.99 Å². The lowest BCUT2D eigenvalue weighted by atomic mass is 9.81. The van der Waals surface area contributed by atoms with Crippen molar-refractivity contribution < 1.29 is 18.0 Å². The van der Waals surface area contributed by atoms with E-state index in [2.05, 4.69) is 24.3 Å². The van der Waals surface area contributed by atoms with Crippen LogP contribution in [0, 0.1) is 17.5 Å². The number of anilines is 1. The Morgan fingerprint density at radius 1 is 1.12 bits per heavy atom. The number of hydrogen-bond acceptors (Lipinski definition) is 3. The Bertz CT molecular complexity index is 1110. The van der Waals surface area contributed by atoms with E-state index in [1.807, 2.05) is 0 Å². The minimum Gasteiger partial charge on any atom is -0.341 e. The highest BCUT2D eigenvalue weighted by atomic mass is 35.5. The van der Waals surface area contributed by atoms with Gasteiger partial charge in [-0.25, -0.2) is 13.2 Å². The van der Waals surface area contributed by atoms with E-state index >= 15 is 0 Å². The molecule has 1 aliphatic carbocycles. The number of rotatable bonds is 6. The van der Waals surface area contributed by atoms with Crippen LogP contribution in [0.1, 0.15) is 53.6 Å². The molecule has 176 valence electrons. The lowest BCUT2D eigenvalue weighted by Crippen LogP contribution is -2.48. The Balaban J connectivity index is 1.59. The Kier molecular flexibility index (Phi) is 6.82. The minimum atomic E-state index is -1.10. The van der Waals surface area contributed by atoms with E-state index in [0.29, 0.717) is 23.5 Å². The molecule has 0 saturated heterocycles. The van der Waals surface area contributed by atoms with E-state index in [0.717, 1.165) is 31.7 Å². The van der Waals surface area contributed by atoms with Crippen LogP contribution in [0.3, 0.4) is 0 Å². The number of fused-ring (bicyclic) bond motifs is 1. The molecular weight excluding hydrogens is 451 g/mol. The molecule has 2 aromatic carbocycles. The van der Waals surface area contributed by atoms with Gasteiger partial charge in [-0.15, -0.1) is 0 Å². The van der Waals surface area contributed by atoms with E-state index in [4.69, 9.17) is 16.6 Å². The van der Waals surface area contributed by atoms with Gasteiger partial charge in [-0.1, -0.05) is 36.9 Å². The molecule has 1 saturated carbocycles. The van der Waals surface area contributed by atoms with Crippen LogP contribution in [0.25, 0.3) is 0 Å². The molecule has 0 spiro atoms. The maximum atomic E-state index is 14.6. The van der Waals surface area contributed by atoms with Crippen LogP contribution in [-0.2, 0) is 12.8 Å². The largest absolute Gasteiger partial charge is 0.341 e. The molecule has 4 rings (SSSR count). The molecule has 1 N–H and O–H groups in total. The highest BCUT2D eigenvalue weighted by Crippen LogP contribution is 2.35. The van der Waals surface area contributed by atoms with Gasteiger partial charge in [-0.05, 0) is 56.3 Å². The number of nitrogens with one attached hydrogen (secondary N) is 1. The molecule has 0 bridgehead atoms. The summed E-state index contributed by atoms with van der Waals surface area (Å²) in [6, 6.07) is 4.94. The van der Waals surface area contributed by atoms with Gasteiger partial charge in [-0.2, -0.15) is 0 Å². The summed E-state index contributed by atoms with van der Waals surface area (Å²) < 4.78 is 42.3. The number of carbonyl (C=O) groups excluding carboxylic acids is 1. The normalized spacial score (nSPS) is 18.5.